The van der Waals surface area contributed by atoms with Gasteiger partial charge < -0.3 is 10.1 Å². The average Bonchev–Trinajstić information content (AvgIpc) is 3.08. The molecule has 1 N–H and O–H groups in total. The summed E-state index contributed by atoms with van der Waals surface area (Å²) in [5, 5.41) is 2.71. The molecule has 0 aliphatic carbocycles. The first kappa shape index (κ1) is 22.4. The molecule has 0 saturated carbocycles. The second kappa shape index (κ2) is 9.75. The van der Waals surface area contributed by atoms with Crippen molar-refractivity contribution in [1.82, 2.24) is 0 Å². The highest BCUT2D eigenvalue weighted by Gasteiger charge is 2.40. The van der Waals surface area contributed by atoms with Gasteiger partial charge in [0.2, 0.25) is 5.91 Å². The summed E-state index contributed by atoms with van der Waals surface area (Å²) in [5.41, 5.74) is 3.13. The Morgan fingerprint density at radius 2 is 1.58 bits per heavy atom. The van der Waals surface area contributed by atoms with Crippen LogP contribution >= 0.6 is 11.8 Å². The maximum Gasteiger partial charge on any atom is 0.272 e. The lowest BCUT2D eigenvalue weighted by molar-refractivity contribution is -0.120. The van der Waals surface area contributed by atoms with Gasteiger partial charge in [-0.15, -0.1) is 11.8 Å². The summed E-state index contributed by atoms with van der Waals surface area (Å²) in [6.07, 6.45) is 0. The molecule has 0 saturated heterocycles. The molecule has 0 fully saturated rings. The summed E-state index contributed by atoms with van der Waals surface area (Å²) in [6, 6.07) is 23.5. The number of thioether (sulfide) groups is 1. The molecule has 1 aliphatic rings. The van der Waals surface area contributed by atoms with Crippen molar-refractivity contribution in [3.8, 4) is 5.75 Å². The fraction of sp³-hybridized carbons (Fsp3) is 0.115. The third-order valence-corrected chi connectivity index (χ3v) is 6.24. The van der Waals surface area contributed by atoms with Crippen LogP contribution in [0.1, 0.15) is 18.1 Å². The highest BCUT2D eigenvalue weighted by Crippen LogP contribution is 2.40. The van der Waals surface area contributed by atoms with Crippen LogP contribution in [0.5, 0.6) is 5.75 Å². The third-order valence-electron chi connectivity index (χ3n) is 5.09. The molecule has 0 bridgehead atoms. The Morgan fingerprint density at radius 1 is 0.909 bits per heavy atom. The number of imide groups is 1. The number of carbonyl (C=O) groups excluding carboxylic acids is 3. The van der Waals surface area contributed by atoms with Crippen LogP contribution < -0.4 is 15.0 Å². The molecule has 4 rings (SSSR count). The molecule has 0 radical (unpaired) electrons. The third kappa shape index (κ3) is 4.83. The van der Waals surface area contributed by atoms with Gasteiger partial charge in [0, 0.05) is 18.4 Å². The SMILES string of the molecule is COc1ccc(N2C(=O)C(SCc3ccccc3)=C(c3ccc(NC(C)=O)cc3)C2=O)cc1. The van der Waals surface area contributed by atoms with Gasteiger partial charge in [-0.25, -0.2) is 4.90 Å². The van der Waals surface area contributed by atoms with Crippen LogP contribution in [0.2, 0.25) is 0 Å². The molecule has 33 heavy (non-hydrogen) atoms. The van der Waals surface area contributed by atoms with Crippen molar-refractivity contribution in [2.24, 2.45) is 0 Å². The normalized spacial score (nSPS) is 13.5. The molecule has 1 heterocycles. The molecule has 0 atom stereocenters. The Bertz CT molecular complexity index is 1220. The zero-order chi connectivity index (χ0) is 23.4. The molecule has 3 amide bonds. The first-order chi connectivity index (χ1) is 16.0. The fourth-order valence-electron chi connectivity index (χ4n) is 3.52. The lowest BCUT2D eigenvalue weighted by Crippen LogP contribution is -2.31. The summed E-state index contributed by atoms with van der Waals surface area (Å²) in [5.74, 6) is 0.274. The van der Waals surface area contributed by atoms with Crippen molar-refractivity contribution >= 4 is 46.4 Å². The number of hydrogen-bond donors (Lipinski definition) is 1. The molecule has 3 aromatic rings. The van der Waals surface area contributed by atoms with E-state index in [1.807, 2.05) is 30.3 Å². The molecular formula is C26H22N2O4S. The van der Waals surface area contributed by atoms with Crippen molar-refractivity contribution in [2.75, 3.05) is 17.3 Å². The number of anilines is 2. The Hall–Kier alpha value is -3.84. The monoisotopic (exact) mass is 458 g/mol. The number of nitrogens with zero attached hydrogens (tertiary/aromatic N) is 1. The summed E-state index contributed by atoms with van der Waals surface area (Å²) in [4.78, 5) is 39.8. The summed E-state index contributed by atoms with van der Waals surface area (Å²) >= 11 is 1.35. The summed E-state index contributed by atoms with van der Waals surface area (Å²) in [6.45, 7) is 1.43. The predicted molar refractivity (Wildman–Crippen MR) is 131 cm³/mol. The number of ether oxygens (including phenoxy) is 1. The van der Waals surface area contributed by atoms with E-state index in [9.17, 15) is 14.4 Å². The van der Waals surface area contributed by atoms with Crippen molar-refractivity contribution in [3.05, 3.63) is 94.9 Å². The Morgan fingerprint density at radius 3 is 2.18 bits per heavy atom. The second-order valence-electron chi connectivity index (χ2n) is 7.38. The number of benzene rings is 3. The van der Waals surface area contributed by atoms with Crippen molar-refractivity contribution in [1.29, 1.82) is 0 Å². The second-order valence-corrected chi connectivity index (χ2v) is 8.37. The van der Waals surface area contributed by atoms with Crippen LogP contribution in [0.4, 0.5) is 11.4 Å². The summed E-state index contributed by atoms with van der Waals surface area (Å²) in [7, 11) is 1.56. The van der Waals surface area contributed by atoms with E-state index in [2.05, 4.69) is 5.32 Å². The van der Waals surface area contributed by atoms with Gasteiger partial charge in [-0.3, -0.25) is 14.4 Å². The van der Waals surface area contributed by atoms with E-state index in [1.54, 1.807) is 55.6 Å². The highest BCUT2D eigenvalue weighted by atomic mass is 32.2. The minimum absolute atomic E-state index is 0.182. The largest absolute Gasteiger partial charge is 0.497 e. The lowest BCUT2D eigenvalue weighted by atomic mass is 10.1. The first-order valence-corrected chi connectivity index (χ1v) is 11.3. The number of methoxy groups -OCH3 is 1. The topological polar surface area (TPSA) is 75.7 Å². The van der Waals surface area contributed by atoms with Crippen LogP contribution in [-0.4, -0.2) is 24.8 Å². The molecular weight excluding hydrogens is 436 g/mol. The van der Waals surface area contributed by atoms with E-state index < -0.39 is 0 Å². The smallest absolute Gasteiger partial charge is 0.272 e. The molecule has 0 unspecified atom stereocenters. The van der Waals surface area contributed by atoms with E-state index in [4.69, 9.17) is 4.74 Å². The Labute approximate surface area is 196 Å². The van der Waals surface area contributed by atoms with Gasteiger partial charge in [0.25, 0.3) is 11.8 Å². The molecule has 7 heteroatoms. The van der Waals surface area contributed by atoms with Crippen molar-refractivity contribution < 1.29 is 19.1 Å². The van der Waals surface area contributed by atoms with Gasteiger partial charge >= 0.3 is 0 Å². The Balaban J connectivity index is 1.70. The van der Waals surface area contributed by atoms with Gasteiger partial charge in [0.05, 0.1) is 23.3 Å². The van der Waals surface area contributed by atoms with E-state index in [0.717, 1.165) is 5.56 Å². The van der Waals surface area contributed by atoms with Crippen molar-refractivity contribution in [2.45, 2.75) is 12.7 Å². The number of hydrogen-bond acceptors (Lipinski definition) is 5. The van der Waals surface area contributed by atoms with Gasteiger partial charge in [-0.2, -0.15) is 0 Å². The highest BCUT2D eigenvalue weighted by molar-refractivity contribution is 8.03. The maximum absolute atomic E-state index is 13.5. The van der Waals surface area contributed by atoms with Gasteiger partial charge in [0.1, 0.15) is 5.75 Å². The predicted octanol–water partition coefficient (Wildman–Crippen LogP) is 4.87. The molecule has 166 valence electrons. The molecule has 1 aliphatic heterocycles. The minimum Gasteiger partial charge on any atom is -0.497 e. The first-order valence-electron chi connectivity index (χ1n) is 10.3. The zero-order valence-corrected chi connectivity index (χ0v) is 19.0. The number of nitrogens with one attached hydrogen (secondary N) is 1. The molecule has 6 nitrogen and oxygen atoms in total. The maximum atomic E-state index is 13.5. The van der Waals surface area contributed by atoms with E-state index in [-0.39, 0.29) is 17.7 Å². The van der Waals surface area contributed by atoms with Crippen LogP contribution in [0.25, 0.3) is 5.57 Å². The average molecular weight is 459 g/mol. The van der Waals surface area contributed by atoms with Crippen LogP contribution in [0.15, 0.2) is 83.8 Å². The fourth-order valence-corrected chi connectivity index (χ4v) is 4.58. The molecule has 3 aromatic carbocycles. The standard InChI is InChI=1S/C26H22N2O4S/c1-17(29)27-20-10-8-19(9-11-20)23-24(33-16-18-6-4-3-5-7-18)26(31)28(25(23)30)21-12-14-22(32-2)15-13-21/h3-15H,16H2,1-2H3,(H,27,29). The van der Waals surface area contributed by atoms with E-state index in [0.29, 0.717) is 38.9 Å². The van der Waals surface area contributed by atoms with Crippen LogP contribution in [-0.2, 0) is 20.1 Å². The number of carbonyl (C=O) groups is 3. The number of amides is 3. The van der Waals surface area contributed by atoms with E-state index in [1.165, 1.54) is 23.6 Å². The Kier molecular flexibility index (Phi) is 6.60. The van der Waals surface area contributed by atoms with Crippen LogP contribution in [0, 0.1) is 0 Å². The van der Waals surface area contributed by atoms with E-state index >= 15 is 0 Å². The zero-order valence-electron chi connectivity index (χ0n) is 18.2. The van der Waals surface area contributed by atoms with Gasteiger partial charge in [0.15, 0.2) is 0 Å². The van der Waals surface area contributed by atoms with Gasteiger partial charge in [-0.1, -0.05) is 42.5 Å². The van der Waals surface area contributed by atoms with Gasteiger partial charge in [-0.05, 0) is 47.5 Å². The van der Waals surface area contributed by atoms with Crippen molar-refractivity contribution in [3.63, 3.8) is 0 Å². The summed E-state index contributed by atoms with van der Waals surface area (Å²) < 4.78 is 5.19. The minimum atomic E-state index is -0.381. The number of rotatable bonds is 7. The molecule has 0 spiro atoms. The van der Waals surface area contributed by atoms with Crippen LogP contribution in [0.3, 0.4) is 0 Å². The quantitative estimate of drug-likeness (QED) is 0.511. The lowest BCUT2D eigenvalue weighted by Gasteiger charge is -2.15. The molecule has 0 aromatic heterocycles.